The number of aromatic hydroxyl groups is 1. The third-order valence-electron chi connectivity index (χ3n) is 4.90. The maximum atomic E-state index is 9.72. The van der Waals surface area contributed by atoms with E-state index >= 15 is 0 Å². The fourth-order valence-electron chi connectivity index (χ4n) is 3.33. The molecule has 23 heavy (non-hydrogen) atoms. The monoisotopic (exact) mass is 306 g/mol. The fraction of sp³-hybridized carbons (Fsp3) is 0.350. The highest BCUT2D eigenvalue weighted by molar-refractivity contribution is 5.33. The molecule has 1 saturated heterocycles. The predicted molar refractivity (Wildman–Crippen MR) is 91.2 cm³/mol. The Kier molecular flexibility index (Phi) is 4.64. The van der Waals surface area contributed by atoms with Crippen molar-refractivity contribution in [1.29, 1.82) is 5.26 Å². The lowest BCUT2D eigenvalue weighted by Gasteiger charge is -2.37. The Hall–Kier alpha value is -2.31. The molecule has 1 fully saturated rings. The first-order chi connectivity index (χ1) is 11.2. The standard InChI is InChI=1S/C20H22N2O/c21-16-20(18-4-2-1-3-5-18)11-14-22(15-12-20)13-10-17-6-8-19(23)9-7-17/h1-9,23H,10-15H2. The van der Waals surface area contributed by atoms with Crippen molar-refractivity contribution in [3.8, 4) is 11.8 Å². The Morgan fingerprint density at radius 1 is 1.00 bits per heavy atom. The Morgan fingerprint density at radius 2 is 1.65 bits per heavy atom. The van der Waals surface area contributed by atoms with Gasteiger partial charge in [0.25, 0.3) is 0 Å². The molecule has 118 valence electrons. The summed E-state index contributed by atoms with van der Waals surface area (Å²) in [6.45, 7) is 2.92. The molecule has 0 aromatic heterocycles. The summed E-state index contributed by atoms with van der Waals surface area (Å²) in [6, 6.07) is 20.2. The van der Waals surface area contributed by atoms with Crippen LogP contribution in [0.1, 0.15) is 24.0 Å². The normalized spacial score (nSPS) is 17.5. The van der Waals surface area contributed by atoms with Crippen molar-refractivity contribution in [2.24, 2.45) is 0 Å². The minimum atomic E-state index is -0.323. The first-order valence-corrected chi connectivity index (χ1v) is 8.19. The van der Waals surface area contributed by atoms with Gasteiger partial charge in [-0.3, -0.25) is 0 Å². The summed E-state index contributed by atoms with van der Waals surface area (Å²) < 4.78 is 0. The van der Waals surface area contributed by atoms with Crippen LogP contribution in [0, 0.1) is 11.3 Å². The van der Waals surface area contributed by atoms with E-state index in [0.29, 0.717) is 5.75 Å². The molecule has 3 rings (SSSR count). The van der Waals surface area contributed by atoms with Crippen LogP contribution in [0.5, 0.6) is 5.75 Å². The molecule has 2 aromatic rings. The molecule has 0 unspecified atom stereocenters. The van der Waals surface area contributed by atoms with Gasteiger partial charge in [0.2, 0.25) is 0 Å². The Labute approximate surface area is 137 Å². The largest absolute Gasteiger partial charge is 0.508 e. The summed E-state index contributed by atoms with van der Waals surface area (Å²) in [7, 11) is 0. The highest BCUT2D eigenvalue weighted by Crippen LogP contribution is 2.34. The van der Waals surface area contributed by atoms with Gasteiger partial charge in [0.05, 0.1) is 11.5 Å². The van der Waals surface area contributed by atoms with Crippen LogP contribution >= 0.6 is 0 Å². The zero-order valence-electron chi connectivity index (χ0n) is 13.3. The quantitative estimate of drug-likeness (QED) is 0.940. The summed E-state index contributed by atoms with van der Waals surface area (Å²) in [5.41, 5.74) is 2.07. The average molecular weight is 306 g/mol. The highest BCUT2D eigenvalue weighted by Gasteiger charge is 2.36. The van der Waals surface area contributed by atoms with Crippen molar-refractivity contribution in [3.63, 3.8) is 0 Å². The molecule has 3 heteroatoms. The topological polar surface area (TPSA) is 47.3 Å². The van der Waals surface area contributed by atoms with E-state index in [0.717, 1.165) is 44.5 Å². The molecule has 2 aromatic carbocycles. The van der Waals surface area contributed by atoms with E-state index in [9.17, 15) is 10.4 Å². The molecule has 1 N–H and O–H groups in total. The number of phenols is 1. The Morgan fingerprint density at radius 3 is 2.26 bits per heavy atom. The van der Waals surface area contributed by atoms with Crippen molar-refractivity contribution in [1.82, 2.24) is 4.90 Å². The number of rotatable bonds is 4. The number of likely N-dealkylation sites (tertiary alicyclic amines) is 1. The van der Waals surface area contributed by atoms with Crippen molar-refractivity contribution < 1.29 is 5.11 Å². The van der Waals surface area contributed by atoms with E-state index < -0.39 is 0 Å². The van der Waals surface area contributed by atoms with E-state index in [4.69, 9.17) is 0 Å². The molecule has 0 saturated carbocycles. The zero-order valence-corrected chi connectivity index (χ0v) is 13.3. The second kappa shape index (κ2) is 6.85. The zero-order chi connectivity index (χ0) is 16.1. The SMILES string of the molecule is N#CC1(c2ccccc2)CCN(CCc2ccc(O)cc2)CC1. The number of nitriles is 1. The van der Waals surface area contributed by atoms with E-state index in [1.54, 1.807) is 12.1 Å². The minimum absolute atomic E-state index is 0.313. The smallest absolute Gasteiger partial charge is 0.115 e. The maximum Gasteiger partial charge on any atom is 0.115 e. The van der Waals surface area contributed by atoms with Gasteiger partial charge in [-0.25, -0.2) is 0 Å². The van der Waals surface area contributed by atoms with Crippen LogP contribution in [0.2, 0.25) is 0 Å². The van der Waals surface area contributed by atoms with Crippen LogP contribution in [0.4, 0.5) is 0 Å². The van der Waals surface area contributed by atoms with Crippen LogP contribution in [0.15, 0.2) is 54.6 Å². The van der Waals surface area contributed by atoms with Crippen LogP contribution in [0.3, 0.4) is 0 Å². The third-order valence-corrected chi connectivity index (χ3v) is 4.90. The van der Waals surface area contributed by atoms with Crippen molar-refractivity contribution in [2.45, 2.75) is 24.7 Å². The van der Waals surface area contributed by atoms with Crippen LogP contribution < -0.4 is 0 Å². The van der Waals surface area contributed by atoms with Gasteiger partial charge < -0.3 is 10.0 Å². The van der Waals surface area contributed by atoms with Crippen LogP contribution in [-0.2, 0) is 11.8 Å². The van der Waals surface area contributed by atoms with E-state index in [1.807, 2.05) is 30.3 Å². The van der Waals surface area contributed by atoms with Crippen molar-refractivity contribution in [3.05, 3.63) is 65.7 Å². The molecule has 0 aliphatic carbocycles. The molecular formula is C20H22N2O. The fourth-order valence-corrected chi connectivity index (χ4v) is 3.33. The summed E-state index contributed by atoms with van der Waals surface area (Å²) in [5.74, 6) is 0.313. The second-order valence-corrected chi connectivity index (χ2v) is 6.32. The Bertz CT molecular complexity index is 665. The number of hydrogen-bond acceptors (Lipinski definition) is 3. The number of phenolic OH excluding ortho intramolecular Hbond substituents is 1. The molecule has 3 nitrogen and oxygen atoms in total. The van der Waals surface area contributed by atoms with Crippen LogP contribution in [0.25, 0.3) is 0 Å². The minimum Gasteiger partial charge on any atom is -0.508 e. The van der Waals surface area contributed by atoms with Gasteiger partial charge in [0.15, 0.2) is 0 Å². The predicted octanol–water partition coefficient (Wildman–Crippen LogP) is 3.49. The van der Waals surface area contributed by atoms with Crippen molar-refractivity contribution >= 4 is 0 Å². The summed E-state index contributed by atoms with van der Waals surface area (Å²) >= 11 is 0. The van der Waals surface area contributed by atoms with Gasteiger partial charge in [0.1, 0.15) is 5.75 Å². The van der Waals surface area contributed by atoms with Crippen molar-refractivity contribution in [2.75, 3.05) is 19.6 Å². The van der Waals surface area contributed by atoms with Gasteiger partial charge in [-0.15, -0.1) is 0 Å². The molecule has 0 amide bonds. The number of benzene rings is 2. The summed E-state index contributed by atoms with van der Waals surface area (Å²) in [6.07, 6.45) is 2.76. The summed E-state index contributed by atoms with van der Waals surface area (Å²) in [5, 5.41) is 19.0. The second-order valence-electron chi connectivity index (χ2n) is 6.32. The Balaban J connectivity index is 1.57. The molecule has 1 aliphatic heterocycles. The van der Waals surface area contributed by atoms with Gasteiger partial charge >= 0.3 is 0 Å². The number of nitrogens with zero attached hydrogens (tertiary/aromatic N) is 2. The van der Waals surface area contributed by atoms with Gasteiger partial charge in [-0.2, -0.15) is 5.26 Å². The molecule has 0 bridgehead atoms. The van der Waals surface area contributed by atoms with Crippen LogP contribution in [-0.4, -0.2) is 29.6 Å². The molecule has 0 spiro atoms. The number of hydrogen-bond donors (Lipinski definition) is 1. The maximum absolute atomic E-state index is 9.72. The van der Waals surface area contributed by atoms with Gasteiger partial charge in [-0.05, 0) is 55.6 Å². The molecule has 1 heterocycles. The van der Waals surface area contributed by atoms with Gasteiger partial charge in [-0.1, -0.05) is 42.5 Å². The van der Waals surface area contributed by atoms with E-state index in [2.05, 4.69) is 23.1 Å². The highest BCUT2D eigenvalue weighted by atomic mass is 16.3. The summed E-state index contributed by atoms with van der Waals surface area (Å²) in [4.78, 5) is 2.44. The lowest BCUT2D eigenvalue weighted by molar-refractivity contribution is 0.188. The molecule has 0 radical (unpaired) electrons. The number of piperidine rings is 1. The average Bonchev–Trinajstić information content (AvgIpc) is 2.62. The lowest BCUT2D eigenvalue weighted by Crippen LogP contribution is -2.42. The molecular weight excluding hydrogens is 284 g/mol. The lowest BCUT2D eigenvalue weighted by atomic mass is 9.74. The first kappa shape index (κ1) is 15.6. The third kappa shape index (κ3) is 3.55. The molecule has 0 atom stereocenters. The first-order valence-electron chi connectivity index (χ1n) is 8.19. The van der Waals surface area contributed by atoms with E-state index in [-0.39, 0.29) is 5.41 Å². The van der Waals surface area contributed by atoms with E-state index in [1.165, 1.54) is 5.56 Å². The van der Waals surface area contributed by atoms with Gasteiger partial charge in [0, 0.05) is 6.54 Å². The molecule has 1 aliphatic rings.